The summed E-state index contributed by atoms with van der Waals surface area (Å²) in [5.41, 5.74) is 4.60. The lowest BCUT2D eigenvalue weighted by Crippen LogP contribution is -2.14. The zero-order chi connectivity index (χ0) is 15.2. The second-order valence-corrected chi connectivity index (χ2v) is 5.53. The molecule has 0 atom stereocenters. The van der Waals surface area contributed by atoms with Crippen LogP contribution in [0.25, 0.3) is 0 Å². The zero-order valence-corrected chi connectivity index (χ0v) is 13.4. The Hall–Kier alpha value is -1.79. The van der Waals surface area contributed by atoms with Crippen LogP contribution < -0.4 is 16.6 Å². The number of nitrogen functional groups attached to an aromatic ring is 1. The molecule has 0 fully saturated rings. The van der Waals surface area contributed by atoms with Gasteiger partial charge in [0.15, 0.2) is 0 Å². The number of rotatable bonds is 6. The fraction of sp³-hybridized carbons (Fsp3) is 0.333. The summed E-state index contributed by atoms with van der Waals surface area (Å²) in [7, 11) is 0. The number of anilines is 3. The third-order valence-corrected chi connectivity index (χ3v) is 3.96. The van der Waals surface area contributed by atoms with Gasteiger partial charge in [0.2, 0.25) is 0 Å². The number of benzene rings is 1. The minimum Gasteiger partial charge on any atom is -0.339 e. The van der Waals surface area contributed by atoms with E-state index in [9.17, 15) is 0 Å². The zero-order valence-electron chi connectivity index (χ0n) is 12.6. The molecule has 21 heavy (non-hydrogen) atoms. The molecule has 6 heteroatoms. The maximum absolute atomic E-state index is 5.56. The van der Waals surface area contributed by atoms with Gasteiger partial charge >= 0.3 is 0 Å². The van der Waals surface area contributed by atoms with E-state index in [1.807, 2.05) is 25.1 Å². The normalized spacial score (nSPS) is 10.5. The molecule has 0 bridgehead atoms. The molecule has 0 unspecified atom stereocenters. The number of aromatic nitrogens is 2. The maximum atomic E-state index is 5.56. The van der Waals surface area contributed by atoms with Gasteiger partial charge in [0.1, 0.15) is 17.5 Å². The summed E-state index contributed by atoms with van der Waals surface area (Å²) in [4.78, 5) is 10.2. The first-order valence-corrected chi connectivity index (χ1v) is 8.16. The Bertz CT molecular complexity index is 615. The predicted molar refractivity (Wildman–Crippen MR) is 90.1 cm³/mol. The number of hydrogen-bond acceptors (Lipinski definition) is 6. The Labute approximate surface area is 129 Å². The molecule has 2 aromatic rings. The highest BCUT2D eigenvalue weighted by Crippen LogP contribution is 2.29. The average molecular weight is 303 g/mol. The van der Waals surface area contributed by atoms with E-state index in [1.54, 1.807) is 11.8 Å². The molecule has 0 aliphatic rings. The molecule has 0 spiro atoms. The van der Waals surface area contributed by atoms with E-state index in [4.69, 9.17) is 5.84 Å². The highest BCUT2D eigenvalue weighted by molar-refractivity contribution is 7.98. The van der Waals surface area contributed by atoms with Crippen LogP contribution in [0.5, 0.6) is 0 Å². The van der Waals surface area contributed by atoms with Gasteiger partial charge in [-0.05, 0) is 31.7 Å². The summed E-state index contributed by atoms with van der Waals surface area (Å²) >= 11 is 1.70. The van der Waals surface area contributed by atoms with E-state index in [1.165, 1.54) is 4.90 Å². The highest BCUT2D eigenvalue weighted by atomic mass is 32.2. The van der Waals surface area contributed by atoms with E-state index in [2.05, 4.69) is 40.0 Å². The number of aryl methyl sites for hydroxylation is 1. The van der Waals surface area contributed by atoms with Gasteiger partial charge < -0.3 is 10.7 Å². The molecule has 5 nitrogen and oxygen atoms in total. The first-order chi connectivity index (χ1) is 10.2. The van der Waals surface area contributed by atoms with Gasteiger partial charge in [-0.2, -0.15) is 0 Å². The summed E-state index contributed by atoms with van der Waals surface area (Å²) in [5.74, 6) is 7.81. The van der Waals surface area contributed by atoms with Crippen LogP contribution in [0.15, 0.2) is 29.2 Å². The Morgan fingerprint density at radius 2 is 1.90 bits per heavy atom. The van der Waals surface area contributed by atoms with Gasteiger partial charge in [-0.25, -0.2) is 15.8 Å². The minimum atomic E-state index is 0.664. The van der Waals surface area contributed by atoms with Crippen molar-refractivity contribution in [2.75, 3.05) is 17.0 Å². The first kappa shape index (κ1) is 15.6. The van der Waals surface area contributed by atoms with E-state index in [-0.39, 0.29) is 0 Å². The predicted octanol–water partition coefficient (Wildman–Crippen LogP) is 3.49. The lowest BCUT2D eigenvalue weighted by Gasteiger charge is -2.15. The number of nitrogens with one attached hydrogen (secondary N) is 2. The molecule has 112 valence electrons. The topological polar surface area (TPSA) is 75.9 Å². The van der Waals surface area contributed by atoms with Crippen molar-refractivity contribution in [3.05, 3.63) is 35.7 Å². The van der Waals surface area contributed by atoms with Crippen LogP contribution in [-0.4, -0.2) is 16.2 Å². The summed E-state index contributed by atoms with van der Waals surface area (Å²) in [5, 5.41) is 3.40. The molecule has 1 aromatic heterocycles. The SMILES string of the molecule is CCCc1nc(NN)c(C)c(Nc2ccccc2SC)n1. The third kappa shape index (κ3) is 3.65. The van der Waals surface area contributed by atoms with Crippen LogP contribution in [0, 0.1) is 6.92 Å². The fourth-order valence-electron chi connectivity index (χ4n) is 2.04. The second kappa shape index (κ2) is 7.28. The maximum Gasteiger partial charge on any atom is 0.148 e. The first-order valence-electron chi connectivity index (χ1n) is 6.93. The van der Waals surface area contributed by atoms with Gasteiger partial charge in [-0.3, -0.25) is 0 Å². The van der Waals surface area contributed by atoms with E-state index >= 15 is 0 Å². The largest absolute Gasteiger partial charge is 0.339 e. The lowest BCUT2D eigenvalue weighted by atomic mass is 10.2. The molecule has 1 aromatic carbocycles. The quantitative estimate of drug-likeness (QED) is 0.431. The standard InChI is InChI=1S/C15H21N5S/c1-4-7-13-18-14(10(2)15(19-13)20-16)17-11-8-5-6-9-12(11)21-3/h5-6,8-9H,4,7,16H2,1-3H3,(H2,17,18,19,20). The minimum absolute atomic E-state index is 0.664. The van der Waals surface area contributed by atoms with Crippen molar-refractivity contribution in [3.63, 3.8) is 0 Å². The number of para-hydroxylation sites is 1. The van der Waals surface area contributed by atoms with E-state index in [0.29, 0.717) is 5.82 Å². The van der Waals surface area contributed by atoms with Gasteiger partial charge in [-0.15, -0.1) is 11.8 Å². The number of thioether (sulfide) groups is 1. The molecule has 0 radical (unpaired) electrons. The molecular weight excluding hydrogens is 282 g/mol. The van der Waals surface area contributed by atoms with Crippen LogP contribution >= 0.6 is 11.8 Å². The van der Waals surface area contributed by atoms with Crippen LogP contribution in [0.2, 0.25) is 0 Å². The Morgan fingerprint density at radius 1 is 1.19 bits per heavy atom. The highest BCUT2D eigenvalue weighted by Gasteiger charge is 2.11. The molecule has 4 N–H and O–H groups in total. The van der Waals surface area contributed by atoms with Crippen molar-refractivity contribution in [1.82, 2.24) is 9.97 Å². The molecular formula is C15H21N5S. The summed E-state index contributed by atoms with van der Waals surface area (Å²) in [6.45, 7) is 4.06. The average Bonchev–Trinajstić information content (AvgIpc) is 2.51. The van der Waals surface area contributed by atoms with Gasteiger partial charge in [0.05, 0.1) is 5.69 Å². The summed E-state index contributed by atoms with van der Waals surface area (Å²) < 4.78 is 0. The van der Waals surface area contributed by atoms with E-state index in [0.717, 1.165) is 35.7 Å². The smallest absolute Gasteiger partial charge is 0.148 e. The Balaban J connectivity index is 2.40. The fourth-order valence-corrected chi connectivity index (χ4v) is 2.59. The van der Waals surface area contributed by atoms with Crippen molar-refractivity contribution >= 4 is 29.1 Å². The van der Waals surface area contributed by atoms with Crippen molar-refractivity contribution in [2.45, 2.75) is 31.6 Å². The van der Waals surface area contributed by atoms with Crippen molar-refractivity contribution in [1.29, 1.82) is 0 Å². The summed E-state index contributed by atoms with van der Waals surface area (Å²) in [6.07, 6.45) is 3.88. The molecule has 2 rings (SSSR count). The van der Waals surface area contributed by atoms with Gasteiger partial charge in [0, 0.05) is 16.9 Å². The summed E-state index contributed by atoms with van der Waals surface area (Å²) in [6, 6.07) is 8.16. The molecule has 0 saturated carbocycles. The number of nitrogens with two attached hydrogens (primary N) is 1. The van der Waals surface area contributed by atoms with Crippen molar-refractivity contribution in [3.8, 4) is 0 Å². The van der Waals surface area contributed by atoms with Crippen LogP contribution in [0.3, 0.4) is 0 Å². The monoisotopic (exact) mass is 303 g/mol. The van der Waals surface area contributed by atoms with Crippen molar-refractivity contribution in [2.24, 2.45) is 5.84 Å². The number of nitrogens with zero attached hydrogens (tertiary/aromatic N) is 2. The third-order valence-electron chi connectivity index (χ3n) is 3.16. The lowest BCUT2D eigenvalue weighted by molar-refractivity contribution is 0.833. The molecule has 0 aliphatic heterocycles. The van der Waals surface area contributed by atoms with Crippen LogP contribution in [0.4, 0.5) is 17.3 Å². The van der Waals surface area contributed by atoms with E-state index < -0.39 is 0 Å². The van der Waals surface area contributed by atoms with Crippen LogP contribution in [-0.2, 0) is 6.42 Å². The van der Waals surface area contributed by atoms with Crippen molar-refractivity contribution < 1.29 is 0 Å². The molecule has 1 heterocycles. The number of hydrazine groups is 1. The Kier molecular flexibility index (Phi) is 5.41. The molecule has 0 saturated heterocycles. The molecule has 0 amide bonds. The van der Waals surface area contributed by atoms with Gasteiger partial charge in [-0.1, -0.05) is 19.1 Å². The Morgan fingerprint density at radius 3 is 2.57 bits per heavy atom. The van der Waals surface area contributed by atoms with Crippen LogP contribution in [0.1, 0.15) is 24.7 Å². The second-order valence-electron chi connectivity index (χ2n) is 4.68. The molecule has 0 aliphatic carbocycles. The number of hydrogen-bond donors (Lipinski definition) is 3. The van der Waals surface area contributed by atoms with Gasteiger partial charge in [0.25, 0.3) is 0 Å².